The van der Waals surface area contributed by atoms with Crippen LogP contribution in [0.15, 0.2) is 38.8 Å². The lowest BCUT2D eigenvalue weighted by Crippen LogP contribution is -2.27. The summed E-state index contributed by atoms with van der Waals surface area (Å²) in [7, 11) is 0. The molecular weight excluding hydrogens is 306 g/mol. The molecular formula is C14H11N3O2S2. The second-order valence-corrected chi connectivity index (χ2v) is 6.27. The molecule has 0 aliphatic carbocycles. The van der Waals surface area contributed by atoms with Gasteiger partial charge in [0.05, 0.1) is 4.53 Å². The van der Waals surface area contributed by atoms with E-state index in [2.05, 4.69) is 10.1 Å². The molecule has 3 aromatic rings. The molecule has 0 radical (unpaired) electrons. The molecule has 7 heteroatoms. The highest BCUT2D eigenvalue weighted by molar-refractivity contribution is 7.98. The van der Waals surface area contributed by atoms with Crippen LogP contribution in [-0.2, 0) is 0 Å². The highest BCUT2D eigenvalue weighted by Crippen LogP contribution is 2.15. The van der Waals surface area contributed by atoms with E-state index in [-0.39, 0.29) is 11.3 Å². The molecule has 0 amide bonds. The van der Waals surface area contributed by atoms with Gasteiger partial charge in [0, 0.05) is 4.90 Å². The van der Waals surface area contributed by atoms with E-state index < -0.39 is 5.56 Å². The number of thiazole rings is 1. The van der Waals surface area contributed by atoms with E-state index in [9.17, 15) is 9.59 Å². The van der Waals surface area contributed by atoms with Crippen molar-refractivity contribution in [2.75, 3.05) is 6.26 Å². The van der Waals surface area contributed by atoms with Gasteiger partial charge in [-0.25, -0.2) is 0 Å². The zero-order valence-electron chi connectivity index (χ0n) is 11.4. The molecule has 0 unspecified atom stereocenters. The Bertz CT molecular complexity index is 974. The molecule has 0 aliphatic heterocycles. The van der Waals surface area contributed by atoms with Crippen molar-refractivity contribution < 1.29 is 0 Å². The van der Waals surface area contributed by atoms with Crippen LogP contribution in [0.1, 0.15) is 11.3 Å². The summed E-state index contributed by atoms with van der Waals surface area (Å²) in [6.45, 7) is 1.55. The van der Waals surface area contributed by atoms with Crippen LogP contribution in [0.3, 0.4) is 0 Å². The van der Waals surface area contributed by atoms with Crippen molar-refractivity contribution in [2.24, 2.45) is 0 Å². The summed E-state index contributed by atoms with van der Waals surface area (Å²) in [5.41, 5.74) is 0.501. The summed E-state index contributed by atoms with van der Waals surface area (Å²) in [6, 6.07) is 7.90. The molecule has 1 aromatic carbocycles. The number of fused-ring (bicyclic) bond motifs is 1. The summed E-state index contributed by atoms with van der Waals surface area (Å²) in [6.07, 6.45) is 3.80. The minimum atomic E-state index is -0.396. The predicted octanol–water partition coefficient (Wildman–Crippen LogP) is 1.09. The number of aryl methyl sites for hydroxylation is 1. The zero-order valence-corrected chi connectivity index (χ0v) is 13.0. The summed E-state index contributed by atoms with van der Waals surface area (Å²) in [4.78, 5) is 29.1. The fourth-order valence-electron chi connectivity index (χ4n) is 1.84. The topological polar surface area (TPSA) is 64.3 Å². The largest absolute Gasteiger partial charge is 0.295 e. The molecule has 0 aliphatic rings. The van der Waals surface area contributed by atoms with E-state index in [1.165, 1.54) is 15.9 Å². The number of hydrogen-bond acceptors (Lipinski definition) is 6. The maximum absolute atomic E-state index is 12.3. The maximum atomic E-state index is 12.3. The minimum absolute atomic E-state index is 0.221. The Morgan fingerprint density at radius 1 is 1.24 bits per heavy atom. The fourth-order valence-corrected chi connectivity index (χ4v) is 3.15. The number of benzene rings is 1. The van der Waals surface area contributed by atoms with Crippen LogP contribution in [0.5, 0.6) is 0 Å². The number of aromatic nitrogens is 3. The average Bonchev–Trinajstić information content (AvgIpc) is 2.77. The van der Waals surface area contributed by atoms with Gasteiger partial charge in [-0.15, -0.1) is 11.8 Å². The number of thioether (sulfide) groups is 1. The molecule has 2 heterocycles. The fraction of sp³-hybridized carbons (Fsp3) is 0.143. The third-order valence-corrected chi connectivity index (χ3v) is 4.66. The highest BCUT2D eigenvalue weighted by Gasteiger charge is 2.08. The molecule has 3 rings (SSSR count). The van der Waals surface area contributed by atoms with Crippen LogP contribution in [0, 0.1) is 6.92 Å². The molecule has 106 valence electrons. The van der Waals surface area contributed by atoms with Gasteiger partial charge in [-0.2, -0.15) is 14.6 Å². The smallest absolute Gasteiger partial charge is 0.266 e. The molecule has 0 spiro atoms. The van der Waals surface area contributed by atoms with Gasteiger partial charge in [-0.3, -0.25) is 9.59 Å². The molecule has 0 bridgehead atoms. The van der Waals surface area contributed by atoms with E-state index in [4.69, 9.17) is 0 Å². The Morgan fingerprint density at radius 3 is 2.62 bits per heavy atom. The van der Waals surface area contributed by atoms with Crippen LogP contribution >= 0.6 is 23.1 Å². The van der Waals surface area contributed by atoms with E-state index >= 15 is 0 Å². The van der Waals surface area contributed by atoms with Gasteiger partial charge in [0.25, 0.3) is 11.1 Å². The summed E-state index contributed by atoms with van der Waals surface area (Å²) in [5, 5.41) is 3.98. The Morgan fingerprint density at radius 2 is 1.95 bits per heavy atom. The van der Waals surface area contributed by atoms with Gasteiger partial charge in [-0.1, -0.05) is 23.5 Å². The lowest BCUT2D eigenvalue weighted by atomic mass is 10.2. The Hall–Kier alpha value is -1.99. The van der Waals surface area contributed by atoms with Crippen molar-refractivity contribution >= 4 is 34.1 Å². The Labute approximate surface area is 128 Å². The first-order chi connectivity index (χ1) is 10.1. The first kappa shape index (κ1) is 14.0. The second-order valence-electron chi connectivity index (χ2n) is 4.39. The number of rotatable bonds is 2. The summed E-state index contributed by atoms with van der Waals surface area (Å²) >= 11 is 2.83. The quantitative estimate of drug-likeness (QED) is 0.662. The van der Waals surface area contributed by atoms with Gasteiger partial charge < -0.3 is 0 Å². The maximum Gasteiger partial charge on any atom is 0.295 e. The standard InChI is InChI=1S/C14H11N3O2S2/c1-8-12(18)15-14-17(16-8)13(19)11(21-14)7-9-3-5-10(20-2)6-4-9/h3-7H,1-2H3. The average molecular weight is 317 g/mol. The van der Waals surface area contributed by atoms with E-state index in [1.54, 1.807) is 24.8 Å². The Balaban J connectivity index is 2.19. The van der Waals surface area contributed by atoms with Crippen LogP contribution in [0.4, 0.5) is 0 Å². The SMILES string of the molecule is CSc1ccc(C=c2sc3nc(=O)c(C)nn3c2=O)cc1. The van der Waals surface area contributed by atoms with Gasteiger partial charge >= 0.3 is 0 Å². The lowest BCUT2D eigenvalue weighted by molar-refractivity contribution is 0.833. The third-order valence-electron chi connectivity index (χ3n) is 2.96. The molecule has 5 nitrogen and oxygen atoms in total. The van der Waals surface area contributed by atoms with Crippen LogP contribution < -0.4 is 15.7 Å². The number of hydrogen-bond donors (Lipinski definition) is 0. The molecule has 0 saturated heterocycles. The number of nitrogens with zero attached hydrogens (tertiary/aromatic N) is 3. The first-order valence-corrected chi connectivity index (χ1v) is 8.19. The second kappa shape index (κ2) is 5.42. The van der Waals surface area contributed by atoms with Gasteiger partial charge in [0.15, 0.2) is 0 Å². The van der Waals surface area contributed by atoms with Crippen LogP contribution in [-0.4, -0.2) is 20.9 Å². The van der Waals surface area contributed by atoms with Crippen molar-refractivity contribution in [3.63, 3.8) is 0 Å². The van der Waals surface area contributed by atoms with Gasteiger partial charge in [0.2, 0.25) is 4.96 Å². The van der Waals surface area contributed by atoms with E-state index in [1.807, 2.05) is 30.5 Å². The lowest BCUT2D eigenvalue weighted by Gasteiger charge is -1.95. The van der Waals surface area contributed by atoms with Crippen molar-refractivity contribution in [3.05, 3.63) is 60.8 Å². The molecule has 21 heavy (non-hydrogen) atoms. The molecule has 0 atom stereocenters. The summed E-state index contributed by atoms with van der Waals surface area (Å²) < 4.78 is 1.70. The Kier molecular flexibility index (Phi) is 3.60. The molecule has 0 N–H and O–H groups in total. The molecule has 2 aromatic heterocycles. The first-order valence-electron chi connectivity index (χ1n) is 6.15. The van der Waals surface area contributed by atoms with Crippen molar-refractivity contribution in [3.8, 4) is 0 Å². The van der Waals surface area contributed by atoms with Crippen molar-refractivity contribution in [1.29, 1.82) is 0 Å². The highest BCUT2D eigenvalue weighted by atomic mass is 32.2. The zero-order chi connectivity index (χ0) is 15.0. The summed E-state index contributed by atoms with van der Waals surface area (Å²) in [5.74, 6) is 0. The minimum Gasteiger partial charge on any atom is -0.266 e. The van der Waals surface area contributed by atoms with E-state index in [0.717, 1.165) is 10.5 Å². The van der Waals surface area contributed by atoms with Crippen LogP contribution in [0.2, 0.25) is 0 Å². The monoisotopic (exact) mass is 317 g/mol. The van der Waals surface area contributed by atoms with Crippen LogP contribution in [0.25, 0.3) is 11.0 Å². The predicted molar refractivity (Wildman–Crippen MR) is 85.1 cm³/mol. The van der Waals surface area contributed by atoms with Crippen molar-refractivity contribution in [1.82, 2.24) is 14.6 Å². The van der Waals surface area contributed by atoms with Gasteiger partial charge in [0.1, 0.15) is 5.69 Å². The van der Waals surface area contributed by atoms with Crippen molar-refractivity contribution in [2.45, 2.75) is 11.8 Å². The van der Waals surface area contributed by atoms with Gasteiger partial charge in [-0.05, 0) is 37.0 Å². The normalized spacial score (nSPS) is 12.2. The molecule has 0 fully saturated rings. The van der Waals surface area contributed by atoms with E-state index in [0.29, 0.717) is 9.49 Å². The molecule has 0 saturated carbocycles. The third kappa shape index (κ3) is 2.62.